The Morgan fingerprint density at radius 3 is 1.48 bits per heavy atom. The Morgan fingerprint density at radius 2 is 0.874 bits per heavy atom. The normalized spacial score (nSPS) is 23.5. The van der Waals surface area contributed by atoms with Gasteiger partial charge < -0.3 is 14.7 Å². The Bertz CT molecular complexity index is 5330. The predicted molar refractivity (Wildman–Crippen MR) is 478 cm³/mol. The second-order valence-corrected chi connectivity index (χ2v) is 39.2. The molecule has 5 aliphatic carbocycles. The van der Waals surface area contributed by atoms with E-state index in [1.165, 1.54) is 160 Å². The quantitative estimate of drug-likeness (QED) is 0.135. The molecule has 111 heavy (non-hydrogen) atoms. The van der Waals surface area contributed by atoms with E-state index in [4.69, 9.17) is 0 Å². The molecule has 4 saturated carbocycles. The smallest absolute Gasteiger partial charge is 0.0529 e. The number of hydrogen-bond acceptors (Lipinski definition) is 3. The lowest BCUT2D eigenvalue weighted by molar-refractivity contribution is -0.00277. The van der Waals surface area contributed by atoms with Crippen LogP contribution in [0.2, 0.25) is 0 Å². The Labute approximate surface area is 668 Å². The van der Waals surface area contributed by atoms with E-state index >= 15 is 0 Å². The van der Waals surface area contributed by atoms with Crippen LogP contribution in [0, 0.1) is 29.1 Å². The highest BCUT2D eigenvalue weighted by molar-refractivity contribution is 6.00. The molecule has 0 aromatic heterocycles. The zero-order chi connectivity index (χ0) is 78.5. The number of fused-ring (bicyclic) bond motifs is 13. The van der Waals surface area contributed by atoms with E-state index in [1.54, 1.807) is 11.1 Å². The van der Waals surface area contributed by atoms with E-state index in [0.29, 0.717) is 5.92 Å². The molecule has 0 N–H and O–H groups in total. The molecule has 4 bridgehead atoms. The molecule has 11 aromatic carbocycles. The summed E-state index contributed by atoms with van der Waals surface area (Å²) >= 11 is 0. The van der Waals surface area contributed by atoms with Crippen molar-refractivity contribution in [1.29, 1.82) is 0 Å². The third-order valence-corrected chi connectivity index (χ3v) is 31.7. The van der Waals surface area contributed by atoms with E-state index in [2.05, 4.69) is 385 Å². The first kappa shape index (κ1) is 76.3. The summed E-state index contributed by atoms with van der Waals surface area (Å²) in [4.78, 5) is 7.52. The van der Waals surface area contributed by atoms with Crippen molar-refractivity contribution in [2.24, 2.45) is 29.1 Å². The average Bonchev–Trinajstić information content (AvgIpc) is 1.58. The van der Waals surface area contributed by atoms with Crippen molar-refractivity contribution in [3.63, 3.8) is 0 Å². The molecule has 8 aliphatic rings. The molecular weight excluding hydrogens is 1340 g/mol. The minimum absolute atomic E-state index is 0.0127. The number of benzene rings is 11. The summed E-state index contributed by atoms with van der Waals surface area (Å²) in [5.74, 6) is 4.42. The fraction of sp³-hybridized carbons (Fsp3) is 0.426. The van der Waals surface area contributed by atoms with Crippen molar-refractivity contribution in [3.05, 3.63) is 297 Å². The minimum Gasteiger partial charge on any atom is -0.344 e. The third kappa shape index (κ3) is 11.5. The van der Waals surface area contributed by atoms with Crippen LogP contribution in [0.1, 0.15) is 267 Å². The van der Waals surface area contributed by atoms with E-state index in [9.17, 15) is 0 Å². The maximum absolute atomic E-state index is 2.64. The molecule has 3 nitrogen and oxygen atoms in total. The highest BCUT2D eigenvalue weighted by atomic mass is 15.1. The fourth-order valence-corrected chi connectivity index (χ4v) is 24.6. The lowest BCUT2D eigenvalue weighted by atomic mass is 9.50. The summed E-state index contributed by atoms with van der Waals surface area (Å²) in [5.41, 5.74) is 29.9. The lowest BCUT2D eigenvalue weighted by Gasteiger charge is -2.55. The summed E-state index contributed by atoms with van der Waals surface area (Å²) in [7, 11) is 6.89. The van der Waals surface area contributed by atoms with Crippen LogP contribution in [0.25, 0.3) is 32.7 Å². The Hall–Kier alpha value is -8.66. The summed E-state index contributed by atoms with van der Waals surface area (Å²) < 4.78 is 0. The predicted octanol–water partition coefficient (Wildman–Crippen LogP) is 29.1. The Morgan fingerprint density at radius 1 is 0.378 bits per heavy atom. The highest BCUT2D eigenvalue weighted by Gasteiger charge is 2.57. The van der Waals surface area contributed by atoms with Crippen molar-refractivity contribution in [2.75, 3.05) is 35.8 Å². The molecular formula is C108H127N3. The molecule has 0 radical (unpaired) electrons. The molecule has 3 heterocycles. The van der Waals surface area contributed by atoms with Crippen molar-refractivity contribution in [3.8, 4) is 11.1 Å². The number of nitrogens with zero attached hydrogens (tertiary/aromatic N) is 3. The molecule has 19 rings (SSSR count). The third-order valence-electron chi connectivity index (χ3n) is 31.7. The van der Waals surface area contributed by atoms with Crippen LogP contribution in [-0.4, -0.2) is 21.1 Å². The summed E-state index contributed by atoms with van der Waals surface area (Å²) in [6.45, 7) is 43.5. The van der Waals surface area contributed by atoms with Gasteiger partial charge in [0.2, 0.25) is 0 Å². The fourth-order valence-electron chi connectivity index (χ4n) is 24.6. The average molecular weight is 1470 g/mol. The van der Waals surface area contributed by atoms with Gasteiger partial charge >= 0.3 is 0 Å². The topological polar surface area (TPSA) is 9.72 Å². The van der Waals surface area contributed by atoms with Crippen LogP contribution in [0.5, 0.6) is 0 Å². The van der Waals surface area contributed by atoms with Gasteiger partial charge in [-0.1, -0.05) is 313 Å². The second kappa shape index (κ2) is 27.6. The maximum Gasteiger partial charge on any atom is 0.0529 e. The lowest BCUT2D eigenvalue weighted by Crippen LogP contribution is -2.47. The molecule has 4 fully saturated rings. The van der Waals surface area contributed by atoms with Gasteiger partial charge in [-0.3, -0.25) is 0 Å². The Balaban J connectivity index is 0.000000128. The van der Waals surface area contributed by atoms with Crippen LogP contribution < -0.4 is 14.7 Å². The first-order chi connectivity index (χ1) is 52.9. The first-order valence-corrected chi connectivity index (χ1v) is 43.0. The molecule has 0 spiro atoms. The number of anilines is 6. The molecule has 11 aromatic rings. The van der Waals surface area contributed by atoms with Gasteiger partial charge in [0.25, 0.3) is 0 Å². The van der Waals surface area contributed by atoms with E-state index in [1.807, 2.05) is 0 Å². The second-order valence-electron chi connectivity index (χ2n) is 39.2. The van der Waals surface area contributed by atoms with Gasteiger partial charge in [-0.25, -0.2) is 0 Å². The van der Waals surface area contributed by atoms with Crippen LogP contribution >= 0.6 is 0 Å². The van der Waals surface area contributed by atoms with Crippen LogP contribution in [0.15, 0.2) is 224 Å². The van der Waals surface area contributed by atoms with Crippen LogP contribution in [0.4, 0.5) is 34.1 Å². The first-order valence-electron chi connectivity index (χ1n) is 43.0. The standard InChI is InChI=1S/C43H43N.C33H41N.C32H43N/c1-42(34-13-6-4-7-14-34)37-20-19-31(40-32-23-28-22-29(25-32)26-33(40)24-28)27-39(37)44(3)41-36-17-11-10-12-30(36)18-21-38(41)43(42,2)35-15-8-5-9-16-35;1-30(2,3)20-21-15-17-26-25(19-21)32(6,7)33(8,9)29-27(34(26)10)18-16-24-28(29)22-13-11-12-14-23(22)31(24,4)5;1-9-30(6,7)25-18-19-28-27(22-25)32(12-4,13-5)31(10-2,11-3)26-20-23-16-14-15-17-24(23)21-29(26)33(28)8/h4-21,27-29,32-33,40H,22-26H2,1-3H3;11-19H,20H2,1-10H3;14-22H,9-13H2,1-8H3. The molecule has 2 unspecified atom stereocenters. The molecule has 3 heteroatoms. The van der Waals surface area contributed by atoms with E-state index in [0.717, 1.165) is 62.2 Å². The van der Waals surface area contributed by atoms with Crippen LogP contribution in [-0.2, 0) is 49.7 Å². The van der Waals surface area contributed by atoms with Gasteiger partial charge in [0, 0.05) is 92.9 Å². The molecule has 0 saturated heterocycles. The molecule has 3 aliphatic heterocycles. The van der Waals surface area contributed by atoms with Gasteiger partial charge in [0.15, 0.2) is 0 Å². The van der Waals surface area contributed by atoms with Gasteiger partial charge in [-0.2, -0.15) is 0 Å². The SMILES string of the molecule is CCC(C)(C)c1ccc2c(c1)C(CC)(CC)C(CC)(CC)c1cc3ccccc3cc1N2C.CN1c2cc(C3C4CC5CC(C4)CC3C5)ccc2C(C)(c2ccccc2)C(C)(c2ccccc2)c2ccc3ccccc3c21.CN1c2ccc(CC(C)(C)C)cc2C(C)(C)C(C)(C)c2c1ccc1c2-c2ccccc2C1(C)C. The summed E-state index contributed by atoms with van der Waals surface area (Å²) in [5, 5.41) is 5.32. The van der Waals surface area contributed by atoms with Crippen molar-refractivity contribution in [2.45, 2.75) is 244 Å². The number of rotatable bonds is 10. The van der Waals surface area contributed by atoms with Crippen molar-refractivity contribution < 1.29 is 0 Å². The number of hydrogen-bond donors (Lipinski definition) is 0. The molecule has 0 amide bonds. The molecule has 574 valence electrons. The largest absolute Gasteiger partial charge is 0.344 e. The monoisotopic (exact) mass is 1470 g/mol. The van der Waals surface area contributed by atoms with E-state index in [-0.39, 0.29) is 48.7 Å². The Kier molecular flexibility index (Phi) is 19.0. The summed E-state index contributed by atoms with van der Waals surface area (Å²) in [6, 6.07) is 86.5. The zero-order valence-electron chi connectivity index (χ0n) is 71.4. The molecule has 2 atom stereocenters. The van der Waals surface area contributed by atoms with Gasteiger partial charge in [0.05, 0.1) is 5.69 Å². The van der Waals surface area contributed by atoms with Crippen LogP contribution in [0.3, 0.4) is 0 Å². The minimum atomic E-state index is -0.335. The van der Waals surface area contributed by atoms with Gasteiger partial charge in [-0.15, -0.1) is 0 Å². The highest BCUT2D eigenvalue weighted by Crippen LogP contribution is 2.66. The maximum atomic E-state index is 2.64. The van der Waals surface area contributed by atoms with Crippen molar-refractivity contribution in [1.82, 2.24) is 0 Å². The summed E-state index contributed by atoms with van der Waals surface area (Å²) in [6.07, 6.45) is 14.1. The van der Waals surface area contributed by atoms with E-state index < -0.39 is 0 Å². The van der Waals surface area contributed by atoms with Crippen molar-refractivity contribution >= 4 is 55.7 Å². The zero-order valence-corrected chi connectivity index (χ0v) is 71.4. The van der Waals surface area contributed by atoms with Gasteiger partial charge in [-0.05, 0) is 247 Å². The van der Waals surface area contributed by atoms with Gasteiger partial charge in [0.1, 0.15) is 0 Å².